The summed E-state index contributed by atoms with van der Waals surface area (Å²) in [4.78, 5) is -0.722. The molecule has 86 valence electrons. The normalized spacial score (nSPS) is 11.5. The average molecular weight is 249 g/mol. The molecule has 0 fully saturated rings. The molecule has 3 nitrogen and oxygen atoms in total. The average Bonchev–Trinajstić information content (AvgIpc) is 2.17. The van der Waals surface area contributed by atoms with Crippen molar-refractivity contribution in [3.8, 4) is 6.07 Å². The van der Waals surface area contributed by atoms with Gasteiger partial charge in [-0.25, -0.2) is 12.8 Å². The summed E-state index contributed by atoms with van der Waals surface area (Å²) in [5, 5.41) is 8.56. The summed E-state index contributed by atoms with van der Waals surface area (Å²) in [6, 6.07) is 2.84. The van der Waals surface area contributed by atoms with Gasteiger partial charge in [0.2, 0.25) is 9.84 Å². The monoisotopic (exact) mass is 249 g/mol. The van der Waals surface area contributed by atoms with Crippen molar-refractivity contribution in [3.63, 3.8) is 0 Å². The summed E-state index contributed by atoms with van der Waals surface area (Å²) < 4.78 is 59.8. The minimum Gasteiger partial charge on any atom is -0.218 e. The molecule has 0 aliphatic rings. The second-order valence-corrected chi connectivity index (χ2v) is 4.85. The molecule has 1 rings (SSSR count). The second kappa shape index (κ2) is 4.14. The highest BCUT2D eigenvalue weighted by Crippen LogP contribution is 2.25. The number of nitriles is 1. The predicted octanol–water partition coefficient (Wildman–Crippen LogP) is 2.00. The molecule has 0 aliphatic carbocycles. The molecule has 0 N–H and O–H groups in total. The van der Waals surface area contributed by atoms with E-state index in [0.717, 1.165) is 13.0 Å². The SMILES string of the molecule is Cc1c(S(=O)(=O)C(F)F)ccc(F)c1C#N. The maximum Gasteiger partial charge on any atom is 0.341 e. The molecular weight excluding hydrogens is 243 g/mol. The molecule has 0 saturated heterocycles. The molecule has 1 aromatic carbocycles. The van der Waals surface area contributed by atoms with Crippen LogP contribution in [0.4, 0.5) is 13.2 Å². The third-order valence-corrected chi connectivity index (χ3v) is 3.54. The van der Waals surface area contributed by atoms with Gasteiger partial charge in [0.05, 0.1) is 10.5 Å². The number of alkyl halides is 2. The molecule has 0 bridgehead atoms. The smallest absolute Gasteiger partial charge is 0.218 e. The summed E-state index contributed by atoms with van der Waals surface area (Å²) in [5.41, 5.74) is -0.843. The lowest BCUT2D eigenvalue weighted by atomic mass is 10.1. The Hall–Kier alpha value is -1.55. The Bertz CT molecular complexity index is 561. The van der Waals surface area contributed by atoms with Crippen LogP contribution in [0.5, 0.6) is 0 Å². The van der Waals surface area contributed by atoms with E-state index in [0.29, 0.717) is 6.07 Å². The quantitative estimate of drug-likeness (QED) is 0.753. The second-order valence-electron chi connectivity index (χ2n) is 2.96. The molecule has 0 atom stereocenters. The van der Waals surface area contributed by atoms with Gasteiger partial charge in [-0.2, -0.15) is 14.0 Å². The molecule has 16 heavy (non-hydrogen) atoms. The van der Waals surface area contributed by atoms with Crippen molar-refractivity contribution in [2.45, 2.75) is 17.6 Å². The molecule has 1 aromatic rings. The van der Waals surface area contributed by atoms with E-state index in [2.05, 4.69) is 0 Å². The van der Waals surface area contributed by atoms with Crippen LogP contribution in [0, 0.1) is 24.1 Å². The number of benzene rings is 1. The number of rotatable bonds is 2. The molecule has 7 heteroatoms. The summed E-state index contributed by atoms with van der Waals surface area (Å²) in [6.45, 7) is 1.11. The summed E-state index contributed by atoms with van der Waals surface area (Å²) in [6.07, 6.45) is 0. The van der Waals surface area contributed by atoms with Crippen LogP contribution in [0.3, 0.4) is 0 Å². The highest BCUT2D eigenvalue weighted by Gasteiger charge is 2.29. The summed E-state index contributed by atoms with van der Waals surface area (Å²) in [7, 11) is -4.81. The van der Waals surface area contributed by atoms with E-state index in [9.17, 15) is 21.6 Å². The molecule has 0 radical (unpaired) electrons. The maximum absolute atomic E-state index is 13.0. The van der Waals surface area contributed by atoms with Crippen LogP contribution < -0.4 is 0 Å². The van der Waals surface area contributed by atoms with E-state index < -0.39 is 31.9 Å². The van der Waals surface area contributed by atoms with E-state index in [4.69, 9.17) is 5.26 Å². The van der Waals surface area contributed by atoms with Gasteiger partial charge in [-0.15, -0.1) is 0 Å². The molecular formula is C9H6F3NO2S. The number of hydrogen-bond acceptors (Lipinski definition) is 3. The first-order valence-corrected chi connectivity index (χ1v) is 5.58. The number of halogens is 3. The molecule has 0 aromatic heterocycles. The van der Waals surface area contributed by atoms with Gasteiger partial charge in [-0.3, -0.25) is 0 Å². The first kappa shape index (κ1) is 12.5. The van der Waals surface area contributed by atoms with Gasteiger partial charge in [-0.05, 0) is 24.6 Å². The van der Waals surface area contributed by atoms with Crippen LogP contribution in [-0.4, -0.2) is 14.2 Å². The van der Waals surface area contributed by atoms with Gasteiger partial charge >= 0.3 is 5.76 Å². The molecule has 0 amide bonds. The lowest BCUT2D eigenvalue weighted by molar-refractivity contribution is 0.234. The van der Waals surface area contributed by atoms with Crippen LogP contribution in [0.25, 0.3) is 0 Å². The highest BCUT2D eigenvalue weighted by molar-refractivity contribution is 7.91. The first-order chi connectivity index (χ1) is 7.32. The fourth-order valence-corrected chi connectivity index (χ4v) is 2.18. The fraction of sp³-hybridized carbons (Fsp3) is 0.222. The molecule has 0 heterocycles. The molecule has 0 saturated carbocycles. The zero-order valence-corrected chi connectivity index (χ0v) is 8.85. The van der Waals surface area contributed by atoms with Crippen molar-refractivity contribution in [1.29, 1.82) is 5.26 Å². The van der Waals surface area contributed by atoms with Crippen LogP contribution in [0.1, 0.15) is 11.1 Å². The van der Waals surface area contributed by atoms with E-state index in [-0.39, 0.29) is 5.56 Å². The number of hydrogen-bond donors (Lipinski definition) is 0. The van der Waals surface area contributed by atoms with Crippen molar-refractivity contribution in [2.24, 2.45) is 0 Å². The minimum atomic E-state index is -4.81. The largest absolute Gasteiger partial charge is 0.341 e. The maximum atomic E-state index is 13.0. The van der Waals surface area contributed by atoms with E-state index in [1.54, 1.807) is 0 Å². The topological polar surface area (TPSA) is 57.9 Å². The van der Waals surface area contributed by atoms with Gasteiger partial charge < -0.3 is 0 Å². The van der Waals surface area contributed by atoms with Crippen molar-refractivity contribution in [3.05, 3.63) is 29.1 Å². The Morgan fingerprint density at radius 1 is 1.38 bits per heavy atom. The van der Waals surface area contributed by atoms with Gasteiger partial charge in [0, 0.05) is 0 Å². The summed E-state index contributed by atoms with van der Waals surface area (Å²) in [5.74, 6) is -4.53. The van der Waals surface area contributed by atoms with Gasteiger partial charge in [0.25, 0.3) is 0 Å². The Kier molecular flexibility index (Phi) is 3.24. The van der Waals surface area contributed by atoms with Crippen molar-refractivity contribution < 1.29 is 21.6 Å². The Labute approximate surface area is 90.0 Å². The van der Waals surface area contributed by atoms with Gasteiger partial charge in [-0.1, -0.05) is 0 Å². The standard InChI is InChI=1S/C9H6F3NO2S/c1-5-6(4-13)7(10)2-3-8(5)16(14,15)9(11)12/h2-3,9H,1H3. The molecule has 0 spiro atoms. The third kappa shape index (κ3) is 1.88. The third-order valence-electron chi connectivity index (χ3n) is 2.02. The zero-order valence-electron chi connectivity index (χ0n) is 8.04. The van der Waals surface area contributed by atoms with Crippen molar-refractivity contribution in [2.75, 3.05) is 0 Å². The van der Waals surface area contributed by atoms with Gasteiger partial charge in [0.1, 0.15) is 11.9 Å². The Balaban J connectivity index is 3.58. The van der Waals surface area contributed by atoms with Crippen LogP contribution in [-0.2, 0) is 9.84 Å². The zero-order chi connectivity index (χ0) is 12.5. The van der Waals surface area contributed by atoms with Crippen LogP contribution in [0.15, 0.2) is 17.0 Å². The molecule has 0 aliphatic heterocycles. The van der Waals surface area contributed by atoms with Crippen LogP contribution in [0.2, 0.25) is 0 Å². The van der Waals surface area contributed by atoms with E-state index in [1.165, 1.54) is 6.07 Å². The Morgan fingerprint density at radius 3 is 2.38 bits per heavy atom. The van der Waals surface area contributed by atoms with Crippen molar-refractivity contribution in [1.82, 2.24) is 0 Å². The fourth-order valence-electron chi connectivity index (χ4n) is 1.20. The lowest BCUT2D eigenvalue weighted by Gasteiger charge is -2.08. The number of sulfone groups is 1. The van der Waals surface area contributed by atoms with Crippen LogP contribution >= 0.6 is 0 Å². The first-order valence-electron chi connectivity index (χ1n) is 4.03. The summed E-state index contributed by atoms with van der Waals surface area (Å²) >= 11 is 0. The van der Waals surface area contributed by atoms with E-state index in [1.807, 2.05) is 0 Å². The number of nitrogens with zero attached hydrogens (tertiary/aromatic N) is 1. The minimum absolute atomic E-state index is 0.303. The Morgan fingerprint density at radius 2 is 1.94 bits per heavy atom. The molecule has 0 unspecified atom stereocenters. The predicted molar refractivity (Wildman–Crippen MR) is 49.0 cm³/mol. The lowest BCUT2D eigenvalue weighted by Crippen LogP contribution is -2.13. The van der Waals surface area contributed by atoms with E-state index >= 15 is 0 Å². The van der Waals surface area contributed by atoms with Crippen molar-refractivity contribution >= 4 is 9.84 Å². The highest BCUT2D eigenvalue weighted by atomic mass is 32.2. The van der Waals surface area contributed by atoms with Gasteiger partial charge in [0.15, 0.2) is 0 Å².